The monoisotopic (exact) mass is 268 g/mol. The second-order valence-electron chi connectivity index (χ2n) is 6.70. The van der Waals surface area contributed by atoms with Crippen molar-refractivity contribution in [2.45, 2.75) is 52.1 Å². The third kappa shape index (κ3) is 2.65. The molecule has 1 amide bonds. The first-order chi connectivity index (χ1) is 8.93. The van der Waals surface area contributed by atoms with Crippen molar-refractivity contribution in [1.29, 1.82) is 0 Å². The van der Waals surface area contributed by atoms with Crippen LogP contribution in [0.1, 0.15) is 46.5 Å². The van der Waals surface area contributed by atoms with E-state index in [9.17, 15) is 9.90 Å². The summed E-state index contributed by atoms with van der Waals surface area (Å²) in [6.45, 7) is 9.10. The molecule has 4 heteroatoms. The van der Waals surface area contributed by atoms with E-state index in [4.69, 9.17) is 0 Å². The van der Waals surface area contributed by atoms with Crippen LogP contribution in [0.25, 0.3) is 0 Å². The maximum Gasteiger partial charge on any atom is 0.229 e. The molecule has 0 aromatic rings. The van der Waals surface area contributed by atoms with Crippen LogP contribution in [0.5, 0.6) is 0 Å². The fourth-order valence-corrected chi connectivity index (χ4v) is 3.41. The Hall–Kier alpha value is -0.610. The molecule has 2 fully saturated rings. The summed E-state index contributed by atoms with van der Waals surface area (Å²) >= 11 is 0. The van der Waals surface area contributed by atoms with Gasteiger partial charge in [0.15, 0.2) is 0 Å². The van der Waals surface area contributed by atoms with E-state index >= 15 is 0 Å². The highest BCUT2D eigenvalue weighted by Gasteiger charge is 2.51. The molecular formula is C15H28N2O2. The number of nitrogens with one attached hydrogen (secondary N) is 1. The summed E-state index contributed by atoms with van der Waals surface area (Å²) < 4.78 is 0. The van der Waals surface area contributed by atoms with Crippen LogP contribution in [0.2, 0.25) is 0 Å². The van der Waals surface area contributed by atoms with Gasteiger partial charge in [-0.05, 0) is 38.3 Å². The molecule has 0 atom stereocenters. The quantitative estimate of drug-likeness (QED) is 0.810. The second kappa shape index (κ2) is 5.41. The first-order valence-corrected chi connectivity index (χ1v) is 7.66. The van der Waals surface area contributed by atoms with Crippen molar-refractivity contribution in [2.24, 2.45) is 11.3 Å². The summed E-state index contributed by atoms with van der Waals surface area (Å²) in [5.41, 5.74) is -0.825. The molecule has 0 aliphatic carbocycles. The van der Waals surface area contributed by atoms with Gasteiger partial charge in [-0.3, -0.25) is 4.79 Å². The van der Waals surface area contributed by atoms with Gasteiger partial charge < -0.3 is 15.3 Å². The number of nitrogens with zero attached hydrogens (tertiary/aromatic N) is 1. The molecule has 2 aliphatic heterocycles. The largest absolute Gasteiger partial charge is 0.386 e. The summed E-state index contributed by atoms with van der Waals surface area (Å²) in [6, 6.07) is 0. The van der Waals surface area contributed by atoms with Gasteiger partial charge in [-0.1, -0.05) is 27.2 Å². The van der Waals surface area contributed by atoms with E-state index in [1.165, 1.54) is 0 Å². The minimum absolute atomic E-state index is 0.168. The Balaban J connectivity index is 2.02. The molecule has 0 aromatic carbocycles. The van der Waals surface area contributed by atoms with E-state index in [2.05, 4.69) is 12.2 Å². The van der Waals surface area contributed by atoms with Gasteiger partial charge in [0.25, 0.3) is 0 Å². The predicted molar refractivity (Wildman–Crippen MR) is 75.8 cm³/mol. The molecule has 0 bridgehead atoms. The Morgan fingerprint density at radius 2 is 1.89 bits per heavy atom. The number of hydrogen-bond acceptors (Lipinski definition) is 3. The number of rotatable bonds is 4. The third-order valence-corrected chi connectivity index (χ3v) is 5.03. The van der Waals surface area contributed by atoms with Crippen molar-refractivity contribution in [3.63, 3.8) is 0 Å². The van der Waals surface area contributed by atoms with E-state index in [1.54, 1.807) is 0 Å². The van der Waals surface area contributed by atoms with E-state index < -0.39 is 5.60 Å². The highest BCUT2D eigenvalue weighted by Crippen LogP contribution is 2.39. The lowest BCUT2D eigenvalue weighted by molar-refractivity contribution is -0.175. The van der Waals surface area contributed by atoms with E-state index in [0.717, 1.165) is 38.8 Å². The van der Waals surface area contributed by atoms with Gasteiger partial charge in [0.05, 0.1) is 18.5 Å². The molecule has 19 heavy (non-hydrogen) atoms. The van der Waals surface area contributed by atoms with Crippen LogP contribution in [0.4, 0.5) is 0 Å². The lowest BCUT2D eigenvalue weighted by atomic mass is 9.72. The molecule has 2 N–H and O–H groups in total. The van der Waals surface area contributed by atoms with Crippen molar-refractivity contribution in [1.82, 2.24) is 10.2 Å². The lowest BCUT2D eigenvalue weighted by Gasteiger charge is -2.52. The summed E-state index contributed by atoms with van der Waals surface area (Å²) in [5, 5.41) is 13.7. The van der Waals surface area contributed by atoms with Gasteiger partial charge in [-0.25, -0.2) is 0 Å². The number of β-amino-alcohol motifs (C(OH)–C–C–N with tert-alkyl or cyclic N) is 1. The smallest absolute Gasteiger partial charge is 0.229 e. The minimum atomic E-state index is -0.657. The van der Waals surface area contributed by atoms with Crippen molar-refractivity contribution in [2.75, 3.05) is 26.2 Å². The van der Waals surface area contributed by atoms with Gasteiger partial charge >= 0.3 is 0 Å². The summed E-state index contributed by atoms with van der Waals surface area (Å²) in [7, 11) is 0. The fraction of sp³-hybridized carbons (Fsp3) is 0.933. The molecule has 2 aliphatic rings. The zero-order valence-electron chi connectivity index (χ0n) is 12.5. The first kappa shape index (κ1) is 14.8. The molecule has 2 saturated heterocycles. The Labute approximate surface area is 116 Å². The molecule has 2 rings (SSSR count). The van der Waals surface area contributed by atoms with Crippen LogP contribution in [-0.2, 0) is 4.79 Å². The van der Waals surface area contributed by atoms with Gasteiger partial charge in [0, 0.05) is 0 Å². The molecular weight excluding hydrogens is 240 g/mol. The van der Waals surface area contributed by atoms with Gasteiger partial charge in [-0.2, -0.15) is 0 Å². The average Bonchev–Trinajstić information content (AvgIpc) is 2.35. The first-order valence-electron chi connectivity index (χ1n) is 7.66. The molecule has 4 nitrogen and oxygen atoms in total. The predicted octanol–water partition coefficient (Wildman–Crippen LogP) is 1.39. The molecule has 2 heterocycles. The van der Waals surface area contributed by atoms with Crippen molar-refractivity contribution < 1.29 is 9.90 Å². The topological polar surface area (TPSA) is 52.6 Å². The summed E-state index contributed by atoms with van der Waals surface area (Å²) in [6.07, 6.45) is 3.91. The minimum Gasteiger partial charge on any atom is -0.386 e. The number of likely N-dealkylation sites (tertiary alicyclic amines) is 1. The van der Waals surface area contributed by atoms with Crippen LogP contribution in [-0.4, -0.2) is 47.7 Å². The third-order valence-electron chi connectivity index (χ3n) is 5.03. The summed E-state index contributed by atoms with van der Waals surface area (Å²) in [5.74, 6) is 0.493. The Kier molecular flexibility index (Phi) is 4.21. The van der Waals surface area contributed by atoms with Crippen LogP contribution >= 0.6 is 0 Å². The molecule has 0 aromatic heterocycles. The van der Waals surface area contributed by atoms with Crippen molar-refractivity contribution in [3.8, 4) is 0 Å². The molecule has 0 saturated carbocycles. The SMILES string of the molecule is CCCC1(C(=O)N2CC(O)(C(C)C)C2)CCNCC1. The van der Waals surface area contributed by atoms with Crippen LogP contribution in [0, 0.1) is 11.3 Å². The molecule has 110 valence electrons. The van der Waals surface area contributed by atoms with E-state index in [1.807, 2.05) is 18.7 Å². The summed E-state index contributed by atoms with van der Waals surface area (Å²) in [4.78, 5) is 14.7. The van der Waals surface area contributed by atoms with E-state index in [0.29, 0.717) is 13.1 Å². The van der Waals surface area contributed by atoms with Crippen LogP contribution in [0.15, 0.2) is 0 Å². The molecule has 0 spiro atoms. The van der Waals surface area contributed by atoms with Crippen molar-refractivity contribution in [3.05, 3.63) is 0 Å². The van der Waals surface area contributed by atoms with Crippen LogP contribution in [0.3, 0.4) is 0 Å². The lowest BCUT2D eigenvalue weighted by Crippen LogP contribution is -2.68. The average molecular weight is 268 g/mol. The number of carbonyl (C=O) groups is 1. The highest BCUT2D eigenvalue weighted by molar-refractivity contribution is 5.84. The maximum atomic E-state index is 12.8. The standard InChI is InChI=1S/C15H28N2O2/c1-4-5-14(6-8-16-9-7-14)13(18)17-10-15(19,11-17)12(2)3/h12,16,19H,4-11H2,1-3H3. The zero-order valence-corrected chi connectivity index (χ0v) is 12.5. The second-order valence-corrected chi connectivity index (χ2v) is 6.70. The Morgan fingerprint density at radius 3 is 2.37 bits per heavy atom. The van der Waals surface area contributed by atoms with Gasteiger partial charge in [0.2, 0.25) is 5.91 Å². The highest BCUT2D eigenvalue weighted by atomic mass is 16.3. The Morgan fingerprint density at radius 1 is 1.32 bits per heavy atom. The molecule has 0 unspecified atom stereocenters. The number of amides is 1. The van der Waals surface area contributed by atoms with Gasteiger partial charge in [-0.15, -0.1) is 0 Å². The number of aliphatic hydroxyl groups is 1. The maximum absolute atomic E-state index is 12.8. The number of piperidine rings is 1. The normalized spacial score (nSPS) is 25.2. The fourth-order valence-electron chi connectivity index (χ4n) is 3.41. The zero-order chi connectivity index (χ0) is 14.1. The number of hydrogen-bond donors (Lipinski definition) is 2. The Bertz CT molecular complexity index is 324. The molecule has 0 radical (unpaired) electrons. The van der Waals surface area contributed by atoms with Gasteiger partial charge in [0.1, 0.15) is 5.60 Å². The van der Waals surface area contributed by atoms with E-state index in [-0.39, 0.29) is 17.2 Å². The number of carbonyl (C=O) groups excluding carboxylic acids is 1. The van der Waals surface area contributed by atoms with Crippen LogP contribution < -0.4 is 5.32 Å². The van der Waals surface area contributed by atoms with Crippen molar-refractivity contribution >= 4 is 5.91 Å².